The minimum atomic E-state index is 0.0944. The van der Waals surface area contributed by atoms with E-state index in [-0.39, 0.29) is 5.91 Å². The lowest BCUT2D eigenvalue weighted by Gasteiger charge is -2.36. The summed E-state index contributed by atoms with van der Waals surface area (Å²) in [5.41, 5.74) is 4.24. The monoisotopic (exact) mass is 432 g/mol. The predicted octanol–water partition coefficient (Wildman–Crippen LogP) is 5.26. The molecule has 1 aliphatic heterocycles. The number of benzene rings is 3. The van der Waals surface area contributed by atoms with Crippen LogP contribution in [0.3, 0.4) is 0 Å². The molecule has 160 valence electrons. The molecule has 0 aromatic heterocycles. The van der Waals surface area contributed by atoms with Gasteiger partial charge >= 0.3 is 0 Å². The van der Waals surface area contributed by atoms with Gasteiger partial charge < -0.3 is 14.5 Å². The predicted molar refractivity (Wildman–Crippen MR) is 128 cm³/mol. The molecule has 0 aliphatic carbocycles. The smallest absolute Gasteiger partial charge is 0.253 e. The number of hydrogen-bond donors (Lipinski definition) is 0. The van der Waals surface area contributed by atoms with E-state index in [9.17, 15) is 4.79 Å². The average Bonchev–Trinajstić information content (AvgIpc) is 2.83. The molecule has 0 radical (unpaired) electrons. The lowest BCUT2D eigenvalue weighted by molar-refractivity contribution is 0.0746. The van der Waals surface area contributed by atoms with E-state index in [2.05, 4.69) is 60.4 Å². The first-order valence-electron chi connectivity index (χ1n) is 10.6. The third-order valence-electron chi connectivity index (χ3n) is 5.63. The van der Waals surface area contributed by atoms with E-state index in [4.69, 9.17) is 4.74 Å². The van der Waals surface area contributed by atoms with E-state index < -0.39 is 0 Å². The van der Waals surface area contributed by atoms with Crippen molar-refractivity contribution in [2.45, 2.75) is 17.6 Å². The summed E-state index contributed by atoms with van der Waals surface area (Å²) in [6.45, 7) is 5.25. The Morgan fingerprint density at radius 3 is 2.32 bits per heavy atom. The summed E-state index contributed by atoms with van der Waals surface area (Å²) in [4.78, 5) is 18.7. The maximum Gasteiger partial charge on any atom is 0.253 e. The van der Waals surface area contributed by atoms with Gasteiger partial charge in [-0.2, -0.15) is 0 Å². The van der Waals surface area contributed by atoms with E-state index in [1.165, 1.54) is 16.1 Å². The number of piperazine rings is 1. The summed E-state index contributed by atoms with van der Waals surface area (Å²) in [7, 11) is 1.68. The van der Waals surface area contributed by atoms with Gasteiger partial charge in [-0.3, -0.25) is 4.79 Å². The number of carbonyl (C=O) groups excluding carboxylic acids is 1. The third kappa shape index (κ3) is 5.23. The molecular weight excluding hydrogens is 404 g/mol. The number of carbonyl (C=O) groups is 1. The molecule has 3 aromatic rings. The maximum atomic E-state index is 13.2. The quantitative estimate of drug-likeness (QED) is 0.498. The van der Waals surface area contributed by atoms with Crippen LogP contribution in [0.25, 0.3) is 0 Å². The Balaban J connectivity index is 1.42. The number of ether oxygens (including phenoxy) is 1. The van der Waals surface area contributed by atoms with Crippen molar-refractivity contribution in [1.82, 2.24) is 4.90 Å². The summed E-state index contributed by atoms with van der Waals surface area (Å²) < 4.78 is 5.55. The maximum absolute atomic E-state index is 13.2. The van der Waals surface area contributed by atoms with Crippen molar-refractivity contribution in [1.29, 1.82) is 0 Å². The molecule has 1 amide bonds. The molecule has 0 spiro atoms. The van der Waals surface area contributed by atoms with E-state index in [1.54, 1.807) is 18.9 Å². The number of para-hydroxylation sites is 1. The number of rotatable bonds is 6. The topological polar surface area (TPSA) is 32.8 Å². The highest BCUT2D eigenvalue weighted by atomic mass is 32.2. The van der Waals surface area contributed by atoms with E-state index in [1.807, 2.05) is 29.2 Å². The molecule has 0 unspecified atom stereocenters. The lowest BCUT2D eigenvalue weighted by Crippen LogP contribution is -2.48. The number of amides is 1. The van der Waals surface area contributed by atoms with E-state index >= 15 is 0 Å². The first-order valence-corrected chi connectivity index (χ1v) is 11.6. The Morgan fingerprint density at radius 2 is 1.65 bits per heavy atom. The van der Waals surface area contributed by atoms with E-state index in [0.717, 1.165) is 48.8 Å². The summed E-state index contributed by atoms with van der Waals surface area (Å²) in [5, 5.41) is 0. The zero-order valence-corrected chi connectivity index (χ0v) is 18.9. The second-order valence-electron chi connectivity index (χ2n) is 7.74. The van der Waals surface area contributed by atoms with Crippen LogP contribution in [0.1, 0.15) is 21.5 Å². The first-order chi connectivity index (χ1) is 15.1. The molecule has 4 rings (SSSR count). The van der Waals surface area contributed by atoms with Gasteiger partial charge in [-0.1, -0.05) is 35.9 Å². The van der Waals surface area contributed by atoms with Crippen LogP contribution in [0.4, 0.5) is 5.69 Å². The van der Waals surface area contributed by atoms with Crippen LogP contribution in [-0.2, 0) is 5.75 Å². The minimum Gasteiger partial charge on any atom is -0.496 e. The zero-order valence-electron chi connectivity index (χ0n) is 18.1. The Labute approximate surface area is 188 Å². The van der Waals surface area contributed by atoms with Crippen LogP contribution in [0.5, 0.6) is 5.75 Å². The van der Waals surface area contributed by atoms with Gasteiger partial charge in [0.15, 0.2) is 0 Å². The molecule has 31 heavy (non-hydrogen) atoms. The number of aryl methyl sites for hydroxylation is 1. The molecular formula is C26H28N2O2S. The van der Waals surface area contributed by atoms with Crippen molar-refractivity contribution in [3.8, 4) is 5.75 Å². The van der Waals surface area contributed by atoms with Crippen LogP contribution >= 0.6 is 11.8 Å². The fourth-order valence-corrected chi connectivity index (χ4v) is 4.69. The van der Waals surface area contributed by atoms with Gasteiger partial charge in [0.05, 0.1) is 7.11 Å². The molecule has 0 N–H and O–H groups in total. The highest BCUT2D eigenvalue weighted by Crippen LogP contribution is 2.29. The summed E-state index contributed by atoms with van der Waals surface area (Å²) in [5.74, 6) is 1.68. The largest absolute Gasteiger partial charge is 0.496 e. The van der Waals surface area contributed by atoms with Crippen LogP contribution in [0, 0.1) is 6.92 Å². The molecule has 0 bridgehead atoms. The number of methoxy groups -OCH3 is 1. The zero-order chi connectivity index (χ0) is 21.6. The molecule has 1 fully saturated rings. The van der Waals surface area contributed by atoms with Crippen LogP contribution in [0.2, 0.25) is 0 Å². The van der Waals surface area contributed by atoms with Gasteiger partial charge in [0.2, 0.25) is 0 Å². The fraction of sp³-hybridized carbons (Fsp3) is 0.269. The van der Waals surface area contributed by atoms with Crippen molar-refractivity contribution in [3.05, 3.63) is 89.5 Å². The Bertz CT molecular complexity index is 1010. The number of nitrogens with zero attached hydrogens (tertiary/aromatic N) is 2. The molecule has 1 heterocycles. The Kier molecular flexibility index (Phi) is 6.82. The second kappa shape index (κ2) is 9.92. The van der Waals surface area contributed by atoms with Gasteiger partial charge in [-0.05, 0) is 49.4 Å². The number of anilines is 1. The van der Waals surface area contributed by atoms with Crippen molar-refractivity contribution in [2.24, 2.45) is 0 Å². The normalized spacial score (nSPS) is 13.9. The van der Waals surface area contributed by atoms with Crippen LogP contribution in [0.15, 0.2) is 77.7 Å². The van der Waals surface area contributed by atoms with Crippen molar-refractivity contribution >= 4 is 23.4 Å². The van der Waals surface area contributed by atoms with E-state index in [0.29, 0.717) is 0 Å². The van der Waals surface area contributed by atoms with Crippen molar-refractivity contribution in [3.63, 3.8) is 0 Å². The Morgan fingerprint density at radius 1 is 0.935 bits per heavy atom. The molecule has 1 aliphatic rings. The SMILES string of the molecule is COc1ccc(C(=O)N2CCN(c3ccccc3)CC2)cc1CSc1ccc(C)cc1. The van der Waals surface area contributed by atoms with Gasteiger partial charge in [0.1, 0.15) is 5.75 Å². The minimum absolute atomic E-state index is 0.0944. The molecule has 4 nitrogen and oxygen atoms in total. The van der Waals surface area contributed by atoms with Gasteiger partial charge in [0.25, 0.3) is 5.91 Å². The molecule has 0 atom stereocenters. The molecule has 3 aromatic carbocycles. The molecule has 0 saturated carbocycles. The van der Waals surface area contributed by atoms with Crippen LogP contribution < -0.4 is 9.64 Å². The van der Waals surface area contributed by atoms with Crippen LogP contribution in [-0.4, -0.2) is 44.1 Å². The van der Waals surface area contributed by atoms with Crippen molar-refractivity contribution in [2.75, 3.05) is 38.2 Å². The number of hydrogen-bond acceptors (Lipinski definition) is 4. The van der Waals surface area contributed by atoms with Gasteiger partial charge in [-0.25, -0.2) is 0 Å². The molecule has 1 saturated heterocycles. The highest BCUT2D eigenvalue weighted by Gasteiger charge is 2.23. The van der Waals surface area contributed by atoms with Crippen molar-refractivity contribution < 1.29 is 9.53 Å². The summed E-state index contributed by atoms with van der Waals surface area (Å²) >= 11 is 1.75. The highest BCUT2D eigenvalue weighted by molar-refractivity contribution is 7.98. The first kappa shape index (κ1) is 21.3. The standard InChI is InChI=1S/C26H28N2O2S/c1-20-8-11-24(12-9-20)31-19-22-18-21(10-13-25(22)30-2)26(29)28-16-14-27(15-17-28)23-6-4-3-5-7-23/h3-13,18H,14-17,19H2,1-2H3. The summed E-state index contributed by atoms with van der Waals surface area (Å²) in [6, 6.07) is 24.7. The number of thioether (sulfide) groups is 1. The second-order valence-corrected chi connectivity index (χ2v) is 8.79. The Hall–Kier alpha value is -2.92. The lowest BCUT2D eigenvalue weighted by atomic mass is 10.1. The average molecular weight is 433 g/mol. The van der Waals surface area contributed by atoms with Gasteiger partial charge in [0, 0.05) is 53.6 Å². The third-order valence-corrected chi connectivity index (χ3v) is 6.69. The fourth-order valence-electron chi connectivity index (χ4n) is 3.81. The summed E-state index contributed by atoms with van der Waals surface area (Å²) in [6.07, 6.45) is 0. The van der Waals surface area contributed by atoms with Gasteiger partial charge in [-0.15, -0.1) is 11.8 Å². The molecule has 5 heteroatoms.